The van der Waals surface area contributed by atoms with Crippen LogP contribution in [0, 0.1) is 11.8 Å². The maximum absolute atomic E-state index is 12.1. The fourth-order valence-corrected chi connectivity index (χ4v) is 1.16. The van der Waals surface area contributed by atoms with Gasteiger partial charge in [-0.15, -0.1) is 0 Å². The summed E-state index contributed by atoms with van der Waals surface area (Å²) < 4.78 is 36.3. The zero-order valence-corrected chi connectivity index (χ0v) is 9.64. The smallest absolute Gasteiger partial charge is 0.389 e. The van der Waals surface area contributed by atoms with E-state index < -0.39 is 24.3 Å². The van der Waals surface area contributed by atoms with E-state index in [2.05, 4.69) is 0 Å². The first-order valence-electron chi connectivity index (χ1n) is 5.18. The van der Waals surface area contributed by atoms with E-state index in [4.69, 9.17) is 0 Å². The molecule has 0 heterocycles. The number of hydrogen-bond acceptors (Lipinski definition) is 2. The number of allylic oxidation sites excluding steroid dienone is 2. The van der Waals surface area contributed by atoms with Gasteiger partial charge in [0.2, 0.25) is 0 Å². The first-order chi connectivity index (χ1) is 7.17. The number of ketones is 1. The van der Waals surface area contributed by atoms with Crippen LogP contribution in [0.3, 0.4) is 0 Å². The fourth-order valence-electron chi connectivity index (χ4n) is 1.16. The summed E-state index contributed by atoms with van der Waals surface area (Å²) in [6.45, 7) is 4.84. The van der Waals surface area contributed by atoms with E-state index in [0.717, 1.165) is 6.08 Å². The lowest BCUT2D eigenvalue weighted by Crippen LogP contribution is -2.21. The van der Waals surface area contributed by atoms with Gasteiger partial charge < -0.3 is 5.11 Å². The lowest BCUT2D eigenvalue weighted by Gasteiger charge is -2.14. The summed E-state index contributed by atoms with van der Waals surface area (Å²) in [4.78, 5) is 11.4. The highest BCUT2D eigenvalue weighted by molar-refractivity contribution is 5.92. The molecule has 0 amide bonds. The molecule has 16 heavy (non-hydrogen) atoms. The zero-order chi connectivity index (χ0) is 12.9. The Balaban J connectivity index is 4.62. The molecule has 94 valence electrons. The number of aliphatic hydroxyl groups excluding tert-OH is 1. The van der Waals surface area contributed by atoms with Crippen LogP contribution in [-0.4, -0.2) is 17.1 Å². The lowest BCUT2D eigenvalue weighted by atomic mass is 9.95. The van der Waals surface area contributed by atoms with Crippen LogP contribution in [0.1, 0.15) is 33.6 Å². The van der Waals surface area contributed by atoms with E-state index in [1.165, 1.54) is 6.92 Å². The SMILES string of the molecule is CCC(CC(F)(F)F)C(=O)C=C(O)C(C)C. The molecule has 0 bridgehead atoms. The Hall–Kier alpha value is -1.00. The van der Waals surface area contributed by atoms with Gasteiger partial charge in [0.25, 0.3) is 0 Å². The Morgan fingerprint density at radius 2 is 1.88 bits per heavy atom. The van der Waals surface area contributed by atoms with Crippen molar-refractivity contribution in [1.82, 2.24) is 0 Å². The van der Waals surface area contributed by atoms with Gasteiger partial charge in [-0.25, -0.2) is 0 Å². The van der Waals surface area contributed by atoms with Crippen LogP contribution in [0.2, 0.25) is 0 Å². The molecule has 0 radical (unpaired) electrons. The fraction of sp³-hybridized carbons (Fsp3) is 0.727. The lowest BCUT2D eigenvalue weighted by molar-refractivity contribution is -0.151. The predicted molar refractivity (Wildman–Crippen MR) is 55.0 cm³/mol. The van der Waals surface area contributed by atoms with E-state index in [1.807, 2.05) is 0 Å². The Kier molecular flexibility index (Phi) is 5.55. The molecule has 0 aliphatic heterocycles. The van der Waals surface area contributed by atoms with Crippen molar-refractivity contribution in [2.75, 3.05) is 0 Å². The van der Waals surface area contributed by atoms with Crippen molar-refractivity contribution >= 4 is 5.78 Å². The second kappa shape index (κ2) is 5.92. The third-order valence-corrected chi connectivity index (χ3v) is 2.25. The van der Waals surface area contributed by atoms with Crippen molar-refractivity contribution in [3.8, 4) is 0 Å². The largest absolute Gasteiger partial charge is 0.512 e. The molecule has 0 aliphatic rings. The van der Waals surface area contributed by atoms with E-state index in [1.54, 1.807) is 13.8 Å². The minimum Gasteiger partial charge on any atom is -0.512 e. The molecule has 0 saturated heterocycles. The molecule has 0 fully saturated rings. The van der Waals surface area contributed by atoms with E-state index in [-0.39, 0.29) is 18.1 Å². The van der Waals surface area contributed by atoms with Crippen LogP contribution in [0.5, 0.6) is 0 Å². The monoisotopic (exact) mass is 238 g/mol. The summed E-state index contributed by atoms with van der Waals surface area (Å²) in [6, 6.07) is 0. The second-order valence-corrected chi connectivity index (χ2v) is 4.05. The van der Waals surface area contributed by atoms with Gasteiger partial charge in [0.1, 0.15) is 0 Å². The van der Waals surface area contributed by atoms with Gasteiger partial charge >= 0.3 is 6.18 Å². The van der Waals surface area contributed by atoms with Gasteiger partial charge in [-0.3, -0.25) is 4.79 Å². The van der Waals surface area contributed by atoms with E-state index in [9.17, 15) is 23.1 Å². The maximum Gasteiger partial charge on any atom is 0.389 e. The molecule has 0 aromatic carbocycles. The van der Waals surface area contributed by atoms with Crippen LogP contribution < -0.4 is 0 Å². The van der Waals surface area contributed by atoms with Crippen LogP contribution in [0.15, 0.2) is 11.8 Å². The average molecular weight is 238 g/mol. The normalized spacial score (nSPS) is 15.3. The molecule has 0 saturated carbocycles. The molecular formula is C11H17F3O2. The van der Waals surface area contributed by atoms with Gasteiger partial charge in [-0.2, -0.15) is 13.2 Å². The molecule has 0 aliphatic carbocycles. The molecular weight excluding hydrogens is 221 g/mol. The van der Waals surface area contributed by atoms with Crippen LogP contribution >= 0.6 is 0 Å². The molecule has 5 heteroatoms. The number of rotatable bonds is 5. The van der Waals surface area contributed by atoms with Crippen molar-refractivity contribution in [3.05, 3.63) is 11.8 Å². The van der Waals surface area contributed by atoms with Crippen molar-refractivity contribution in [2.45, 2.75) is 39.8 Å². The molecule has 1 atom stereocenters. The Labute approximate surface area is 93.2 Å². The minimum absolute atomic E-state index is 0.111. The van der Waals surface area contributed by atoms with Crippen LogP contribution in [-0.2, 0) is 4.79 Å². The summed E-state index contributed by atoms with van der Waals surface area (Å²) in [6.07, 6.45) is -4.47. The second-order valence-electron chi connectivity index (χ2n) is 4.05. The third kappa shape index (κ3) is 5.78. The van der Waals surface area contributed by atoms with Crippen molar-refractivity contribution < 1.29 is 23.1 Å². The first-order valence-corrected chi connectivity index (χ1v) is 5.18. The van der Waals surface area contributed by atoms with E-state index in [0.29, 0.717) is 0 Å². The molecule has 2 nitrogen and oxygen atoms in total. The summed E-state index contributed by atoms with van der Waals surface area (Å²) >= 11 is 0. The van der Waals surface area contributed by atoms with Gasteiger partial charge in [0.05, 0.1) is 12.2 Å². The van der Waals surface area contributed by atoms with Crippen molar-refractivity contribution in [1.29, 1.82) is 0 Å². The molecule has 1 unspecified atom stereocenters. The number of carbonyl (C=O) groups excluding carboxylic acids is 1. The maximum atomic E-state index is 12.1. The Morgan fingerprint density at radius 1 is 1.38 bits per heavy atom. The van der Waals surface area contributed by atoms with Gasteiger partial charge in [-0.05, 0) is 6.42 Å². The topological polar surface area (TPSA) is 37.3 Å². The first kappa shape index (κ1) is 15.0. The number of halogens is 3. The summed E-state index contributed by atoms with van der Waals surface area (Å²) in [7, 11) is 0. The molecule has 0 aromatic rings. The highest BCUT2D eigenvalue weighted by Gasteiger charge is 2.33. The predicted octanol–water partition coefficient (Wildman–Crippen LogP) is 3.63. The minimum atomic E-state index is -4.35. The third-order valence-electron chi connectivity index (χ3n) is 2.25. The quantitative estimate of drug-likeness (QED) is 0.586. The van der Waals surface area contributed by atoms with Crippen molar-refractivity contribution in [2.24, 2.45) is 11.8 Å². The highest BCUT2D eigenvalue weighted by Crippen LogP contribution is 2.27. The zero-order valence-electron chi connectivity index (χ0n) is 9.64. The number of aliphatic hydroxyl groups is 1. The highest BCUT2D eigenvalue weighted by atomic mass is 19.4. The van der Waals surface area contributed by atoms with Crippen LogP contribution in [0.25, 0.3) is 0 Å². The molecule has 1 N–H and O–H groups in total. The Morgan fingerprint density at radius 3 is 2.19 bits per heavy atom. The average Bonchev–Trinajstić information content (AvgIpc) is 2.12. The van der Waals surface area contributed by atoms with Gasteiger partial charge in [0.15, 0.2) is 5.78 Å². The Bertz CT molecular complexity index is 267. The molecule has 0 spiro atoms. The van der Waals surface area contributed by atoms with E-state index >= 15 is 0 Å². The number of carbonyl (C=O) groups is 1. The number of hydrogen-bond donors (Lipinski definition) is 1. The van der Waals surface area contributed by atoms with Crippen LogP contribution in [0.4, 0.5) is 13.2 Å². The summed E-state index contributed by atoms with van der Waals surface area (Å²) in [5.41, 5.74) is 0. The molecule has 0 aromatic heterocycles. The standard InChI is InChI=1S/C11H17F3O2/c1-4-8(6-11(12,13)14)10(16)5-9(15)7(2)3/h5,7-8,15H,4,6H2,1-3H3. The van der Waals surface area contributed by atoms with Gasteiger partial charge in [-0.1, -0.05) is 20.8 Å². The molecule has 0 rings (SSSR count). The van der Waals surface area contributed by atoms with Gasteiger partial charge in [0, 0.05) is 17.9 Å². The summed E-state index contributed by atoms with van der Waals surface area (Å²) in [5, 5.41) is 9.30. The van der Waals surface area contributed by atoms with Crippen molar-refractivity contribution in [3.63, 3.8) is 0 Å². The summed E-state index contributed by atoms with van der Waals surface area (Å²) in [5.74, 6) is -2.19. The number of alkyl halides is 3.